The van der Waals surface area contributed by atoms with Crippen molar-refractivity contribution >= 4 is 11.9 Å². The van der Waals surface area contributed by atoms with Gasteiger partial charge in [0.25, 0.3) is 0 Å². The molecular formula is C11H14O4. The molecule has 2 fully saturated rings. The molecular weight excluding hydrogens is 196 g/mol. The third kappa shape index (κ3) is 1.89. The summed E-state index contributed by atoms with van der Waals surface area (Å²) in [7, 11) is 0. The van der Waals surface area contributed by atoms with Gasteiger partial charge in [-0.25, -0.2) is 4.79 Å². The molecule has 1 aliphatic carbocycles. The van der Waals surface area contributed by atoms with E-state index in [1.807, 2.05) is 0 Å². The van der Waals surface area contributed by atoms with Crippen LogP contribution in [0.1, 0.15) is 19.3 Å². The minimum atomic E-state index is -0.482. The Labute approximate surface area is 88.2 Å². The van der Waals surface area contributed by atoms with Crippen LogP contribution in [0.5, 0.6) is 0 Å². The second-order valence-electron chi connectivity index (χ2n) is 4.01. The van der Waals surface area contributed by atoms with Gasteiger partial charge in [-0.2, -0.15) is 0 Å². The molecule has 2 aliphatic rings. The average molecular weight is 210 g/mol. The predicted octanol–water partition coefficient (Wildman–Crippen LogP) is 1.06. The highest BCUT2D eigenvalue weighted by Crippen LogP contribution is 2.40. The first-order valence-electron chi connectivity index (χ1n) is 5.22. The van der Waals surface area contributed by atoms with Gasteiger partial charge in [-0.05, 0) is 19.3 Å². The van der Waals surface area contributed by atoms with Crippen molar-refractivity contribution in [3.05, 3.63) is 12.7 Å². The molecule has 0 amide bonds. The fourth-order valence-corrected chi connectivity index (χ4v) is 2.40. The summed E-state index contributed by atoms with van der Waals surface area (Å²) >= 11 is 0. The van der Waals surface area contributed by atoms with Crippen molar-refractivity contribution in [2.45, 2.75) is 25.4 Å². The normalized spacial score (nSPS) is 33.3. The fourth-order valence-electron chi connectivity index (χ4n) is 2.40. The molecule has 3 atom stereocenters. The van der Waals surface area contributed by atoms with Crippen molar-refractivity contribution in [3.63, 3.8) is 0 Å². The minimum Gasteiger partial charge on any atom is -0.462 e. The Balaban J connectivity index is 1.93. The molecule has 0 aromatic rings. The van der Waals surface area contributed by atoms with Crippen LogP contribution in [-0.2, 0) is 19.1 Å². The average Bonchev–Trinajstić information content (AvgIpc) is 2.75. The molecule has 0 spiro atoms. The molecule has 0 aromatic carbocycles. The Morgan fingerprint density at radius 2 is 2.40 bits per heavy atom. The summed E-state index contributed by atoms with van der Waals surface area (Å²) in [6.45, 7) is 3.43. The largest absolute Gasteiger partial charge is 0.462 e. The summed E-state index contributed by atoms with van der Waals surface area (Å²) in [5, 5.41) is 0. The first-order valence-corrected chi connectivity index (χ1v) is 5.22. The van der Waals surface area contributed by atoms with E-state index in [9.17, 15) is 9.59 Å². The summed E-state index contributed by atoms with van der Waals surface area (Å²) in [5.41, 5.74) is 0. The van der Waals surface area contributed by atoms with Gasteiger partial charge in [0.2, 0.25) is 0 Å². The lowest BCUT2D eigenvalue weighted by Gasteiger charge is -2.12. The van der Waals surface area contributed by atoms with E-state index in [1.165, 1.54) is 0 Å². The van der Waals surface area contributed by atoms with E-state index in [0.717, 1.165) is 25.3 Å². The SMILES string of the molecule is C=CC(=O)OCC1C(=O)OC2CCCC21. The maximum Gasteiger partial charge on any atom is 0.330 e. The van der Waals surface area contributed by atoms with Crippen molar-refractivity contribution in [3.8, 4) is 0 Å². The molecule has 4 heteroatoms. The Bertz CT molecular complexity index is 297. The molecule has 0 N–H and O–H groups in total. The van der Waals surface area contributed by atoms with Gasteiger partial charge < -0.3 is 9.47 Å². The Kier molecular flexibility index (Phi) is 2.75. The highest BCUT2D eigenvalue weighted by molar-refractivity contribution is 5.82. The number of hydrogen-bond donors (Lipinski definition) is 0. The summed E-state index contributed by atoms with van der Waals surface area (Å²) < 4.78 is 10.1. The molecule has 82 valence electrons. The smallest absolute Gasteiger partial charge is 0.330 e. The number of rotatable bonds is 3. The van der Waals surface area contributed by atoms with E-state index < -0.39 is 5.97 Å². The fraction of sp³-hybridized carbons (Fsp3) is 0.636. The van der Waals surface area contributed by atoms with E-state index >= 15 is 0 Å². The quantitative estimate of drug-likeness (QED) is 0.516. The van der Waals surface area contributed by atoms with Crippen molar-refractivity contribution in [2.24, 2.45) is 11.8 Å². The molecule has 4 nitrogen and oxygen atoms in total. The number of esters is 2. The van der Waals surface area contributed by atoms with Crippen LogP contribution in [0.3, 0.4) is 0 Å². The lowest BCUT2D eigenvalue weighted by atomic mass is 9.93. The molecule has 0 aromatic heterocycles. The highest BCUT2D eigenvalue weighted by atomic mass is 16.6. The van der Waals surface area contributed by atoms with Gasteiger partial charge in [0.15, 0.2) is 0 Å². The molecule has 15 heavy (non-hydrogen) atoms. The molecule has 2 rings (SSSR count). The van der Waals surface area contributed by atoms with Gasteiger partial charge in [0, 0.05) is 12.0 Å². The third-order valence-corrected chi connectivity index (χ3v) is 3.16. The van der Waals surface area contributed by atoms with Gasteiger partial charge in [-0.1, -0.05) is 6.58 Å². The summed E-state index contributed by atoms with van der Waals surface area (Å²) in [5.74, 6) is -0.720. The molecule has 1 saturated heterocycles. The van der Waals surface area contributed by atoms with Crippen molar-refractivity contribution < 1.29 is 19.1 Å². The van der Waals surface area contributed by atoms with Crippen LogP contribution < -0.4 is 0 Å². The van der Waals surface area contributed by atoms with Crippen molar-refractivity contribution in [1.29, 1.82) is 0 Å². The maximum absolute atomic E-state index is 11.4. The number of ether oxygens (including phenoxy) is 2. The zero-order chi connectivity index (χ0) is 10.8. The zero-order valence-corrected chi connectivity index (χ0v) is 8.48. The van der Waals surface area contributed by atoms with E-state index in [1.54, 1.807) is 0 Å². The van der Waals surface area contributed by atoms with Gasteiger partial charge in [0.1, 0.15) is 12.7 Å². The number of fused-ring (bicyclic) bond motifs is 1. The molecule has 1 saturated carbocycles. The van der Waals surface area contributed by atoms with Crippen molar-refractivity contribution in [2.75, 3.05) is 6.61 Å². The summed E-state index contributed by atoms with van der Waals surface area (Å²) in [6.07, 6.45) is 4.20. The number of hydrogen-bond acceptors (Lipinski definition) is 4. The molecule has 3 unspecified atom stereocenters. The van der Waals surface area contributed by atoms with Gasteiger partial charge >= 0.3 is 11.9 Å². The molecule has 1 heterocycles. The lowest BCUT2D eigenvalue weighted by molar-refractivity contribution is -0.148. The summed E-state index contributed by atoms with van der Waals surface area (Å²) in [4.78, 5) is 22.3. The van der Waals surface area contributed by atoms with Crippen LogP contribution in [-0.4, -0.2) is 24.6 Å². The first kappa shape index (κ1) is 10.2. The number of carbonyl (C=O) groups is 2. The predicted molar refractivity (Wildman–Crippen MR) is 51.9 cm³/mol. The van der Waals surface area contributed by atoms with Crippen LogP contribution in [0.25, 0.3) is 0 Å². The highest BCUT2D eigenvalue weighted by Gasteiger charge is 2.47. The monoisotopic (exact) mass is 210 g/mol. The Morgan fingerprint density at radius 1 is 1.60 bits per heavy atom. The Morgan fingerprint density at radius 3 is 3.13 bits per heavy atom. The molecule has 0 bridgehead atoms. The maximum atomic E-state index is 11.4. The van der Waals surface area contributed by atoms with E-state index in [2.05, 4.69) is 6.58 Å². The zero-order valence-electron chi connectivity index (χ0n) is 8.48. The topological polar surface area (TPSA) is 52.6 Å². The van der Waals surface area contributed by atoms with Crippen LogP contribution in [0, 0.1) is 11.8 Å². The van der Waals surface area contributed by atoms with Crippen LogP contribution in [0.15, 0.2) is 12.7 Å². The second kappa shape index (κ2) is 4.04. The summed E-state index contributed by atoms with van der Waals surface area (Å²) in [6, 6.07) is 0. The van der Waals surface area contributed by atoms with Crippen LogP contribution in [0.4, 0.5) is 0 Å². The standard InChI is InChI=1S/C11H14O4/c1-2-10(12)14-6-8-7-4-3-5-9(7)15-11(8)13/h2,7-9H,1,3-6H2. The van der Waals surface area contributed by atoms with E-state index in [0.29, 0.717) is 0 Å². The first-order chi connectivity index (χ1) is 7.22. The van der Waals surface area contributed by atoms with Gasteiger partial charge in [-0.3, -0.25) is 4.79 Å². The minimum absolute atomic E-state index is 0.0601. The second-order valence-corrected chi connectivity index (χ2v) is 4.01. The Hall–Kier alpha value is -1.32. The van der Waals surface area contributed by atoms with E-state index in [4.69, 9.17) is 9.47 Å². The van der Waals surface area contributed by atoms with Crippen LogP contribution >= 0.6 is 0 Å². The lowest BCUT2D eigenvalue weighted by Crippen LogP contribution is -2.23. The molecule has 1 aliphatic heterocycles. The van der Waals surface area contributed by atoms with Gasteiger partial charge in [-0.15, -0.1) is 0 Å². The van der Waals surface area contributed by atoms with Crippen molar-refractivity contribution in [1.82, 2.24) is 0 Å². The van der Waals surface area contributed by atoms with E-state index in [-0.39, 0.29) is 30.5 Å². The van der Waals surface area contributed by atoms with Crippen LogP contribution in [0.2, 0.25) is 0 Å². The van der Waals surface area contributed by atoms with Gasteiger partial charge in [0.05, 0.1) is 5.92 Å². The number of carbonyl (C=O) groups excluding carboxylic acids is 2. The molecule has 0 radical (unpaired) electrons. The third-order valence-electron chi connectivity index (χ3n) is 3.16.